The summed E-state index contributed by atoms with van der Waals surface area (Å²) in [6.45, 7) is 3.69. The Labute approximate surface area is 426 Å². The molecular weight excluding hydrogens is 863 g/mol. The van der Waals surface area contributed by atoms with Crippen molar-refractivity contribution in [3.8, 4) is 0 Å². The van der Waals surface area contributed by atoms with E-state index in [4.69, 9.17) is 9.47 Å². The standard InChI is InChI=1S/C60H117NO8/c1-3-5-7-9-10-11-12-13-14-15-16-17-18-19-20-21-22-23-24-25-26-27-28-29-30-31-32-33-34-35-36-37-38-39-40-41-42-43-44-46-48-50-56(64)61-53(54(63)49-47-45-8-6-4-2)52-68-60-59(67)58(66)57(65)55(51-62)69-60/h47,49,53-55,57-60,62-63,65-67H,3-46,48,50-52H2,1-2H3,(H,61,64)/b49-47+. The van der Waals surface area contributed by atoms with E-state index < -0.39 is 49.5 Å². The molecule has 9 nitrogen and oxygen atoms in total. The summed E-state index contributed by atoms with van der Waals surface area (Å²) in [5.41, 5.74) is 0. The lowest BCUT2D eigenvalue weighted by Gasteiger charge is -2.40. The van der Waals surface area contributed by atoms with Gasteiger partial charge in [0.1, 0.15) is 24.4 Å². The molecule has 410 valence electrons. The van der Waals surface area contributed by atoms with Gasteiger partial charge < -0.3 is 40.3 Å². The molecule has 0 aromatic rings. The lowest BCUT2D eigenvalue weighted by Crippen LogP contribution is -2.60. The third-order valence-electron chi connectivity index (χ3n) is 14.9. The summed E-state index contributed by atoms with van der Waals surface area (Å²) in [5.74, 6) is -0.178. The van der Waals surface area contributed by atoms with E-state index in [0.29, 0.717) is 6.42 Å². The molecule has 1 rings (SSSR count). The van der Waals surface area contributed by atoms with Crippen LogP contribution >= 0.6 is 0 Å². The van der Waals surface area contributed by atoms with E-state index in [0.717, 1.165) is 44.9 Å². The maximum Gasteiger partial charge on any atom is 0.220 e. The summed E-state index contributed by atoms with van der Waals surface area (Å²) in [5, 5.41) is 53.8. The summed E-state index contributed by atoms with van der Waals surface area (Å²) >= 11 is 0. The van der Waals surface area contributed by atoms with Gasteiger partial charge in [0.25, 0.3) is 0 Å². The highest BCUT2D eigenvalue weighted by atomic mass is 16.7. The first-order valence-corrected chi connectivity index (χ1v) is 30.4. The zero-order chi connectivity index (χ0) is 50.1. The SMILES string of the molecule is CCCCC/C=C/C(O)C(COC1OC(CO)C(O)C(O)C1O)NC(=O)CCCCCCCCCCCCCCCCCCCCCCCCCCCCCCCCCCCCCCCCCCC. The zero-order valence-electron chi connectivity index (χ0n) is 45.6. The van der Waals surface area contributed by atoms with Crippen LogP contribution in [0.2, 0.25) is 0 Å². The van der Waals surface area contributed by atoms with Crippen molar-refractivity contribution in [1.82, 2.24) is 5.32 Å². The Morgan fingerprint density at radius 3 is 1.13 bits per heavy atom. The molecule has 0 aromatic carbocycles. The molecule has 1 fully saturated rings. The van der Waals surface area contributed by atoms with Crippen molar-refractivity contribution < 1.29 is 39.8 Å². The lowest BCUT2D eigenvalue weighted by molar-refractivity contribution is -0.302. The molecule has 0 radical (unpaired) electrons. The maximum atomic E-state index is 12.9. The van der Waals surface area contributed by atoms with Gasteiger partial charge in [-0.1, -0.05) is 296 Å². The average Bonchev–Trinajstić information content (AvgIpc) is 3.35. The van der Waals surface area contributed by atoms with Gasteiger partial charge >= 0.3 is 0 Å². The molecule has 0 spiro atoms. The Bertz CT molecular complexity index is 1090. The van der Waals surface area contributed by atoms with E-state index in [1.54, 1.807) is 6.08 Å². The molecule has 69 heavy (non-hydrogen) atoms. The number of allylic oxidation sites excluding steroid dienone is 1. The first-order valence-electron chi connectivity index (χ1n) is 30.4. The van der Waals surface area contributed by atoms with Crippen molar-refractivity contribution in [1.29, 1.82) is 0 Å². The topological polar surface area (TPSA) is 149 Å². The smallest absolute Gasteiger partial charge is 0.220 e. The minimum atomic E-state index is -1.56. The Morgan fingerprint density at radius 1 is 0.478 bits per heavy atom. The normalized spacial score (nSPS) is 19.4. The van der Waals surface area contributed by atoms with Gasteiger partial charge in [0.2, 0.25) is 5.91 Å². The molecule has 7 atom stereocenters. The van der Waals surface area contributed by atoms with Gasteiger partial charge in [0.05, 0.1) is 25.4 Å². The number of hydrogen-bond donors (Lipinski definition) is 6. The molecule has 1 aliphatic heterocycles. The number of unbranched alkanes of at least 4 members (excludes halogenated alkanes) is 43. The minimum Gasteiger partial charge on any atom is -0.394 e. The van der Waals surface area contributed by atoms with E-state index in [9.17, 15) is 30.3 Å². The van der Waals surface area contributed by atoms with E-state index >= 15 is 0 Å². The molecule has 0 aliphatic carbocycles. The number of hydrogen-bond acceptors (Lipinski definition) is 8. The first kappa shape index (κ1) is 65.9. The second-order valence-corrected chi connectivity index (χ2v) is 21.5. The van der Waals surface area contributed by atoms with Crippen LogP contribution in [0.5, 0.6) is 0 Å². The number of carbonyl (C=O) groups excluding carboxylic acids is 1. The van der Waals surface area contributed by atoms with E-state index in [1.165, 1.54) is 244 Å². The van der Waals surface area contributed by atoms with E-state index in [1.807, 2.05) is 6.08 Å². The van der Waals surface area contributed by atoms with Crippen LogP contribution in [0, 0.1) is 0 Å². The predicted molar refractivity (Wildman–Crippen MR) is 291 cm³/mol. The van der Waals surface area contributed by atoms with Gasteiger partial charge in [-0.25, -0.2) is 0 Å². The Morgan fingerprint density at radius 2 is 0.797 bits per heavy atom. The number of nitrogens with one attached hydrogen (secondary N) is 1. The Balaban J connectivity index is 1.88. The number of aliphatic hydroxyl groups is 5. The van der Waals surface area contributed by atoms with Crippen LogP contribution in [0.4, 0.5) is 0 Å². The molecule has 1 saturated heterocycles. The number of amides is 1. The zero-order valence-corrected chi connectivity index (χ0v) is 45.6. The van der Waals surface area contributed by atoms with Gasteiger partial charge in [0, 0.05) is 6.42 Å². The highest BCUT2D eigenvalue weighted by molar-refractivity contribution is 5.76. The molecule has 1 heterocycles. The average molecular weight is 981 g/mol. The highest BCUT2D eigenvalue weighted by Crippen LogP contribution is 2.23. The maximum absolute atomic E-state index is 12.9. The van der Waals surface area contributed by atoms with Gasteiger partial charge in [0.15, 0.2) is 6.29 Å². The van der Waals surface area contributed by atoms with Crippen LogP contribution < -0.4 is 5.32 Å². The molecule has 1 aliphatic rings. The summed E-state index contributed by atoms with van der Waals surface area (Å²) in [7, 11) is 0. The lowest BCUT2D eigenvalue weighted by atomic mass is 9.99. The summed E-state index contributed by atoms with van der Waals surface area (Å²) in [4.78, 5) is 12.9. The van der Waals surface area contributed by atoms with Gasteiger partial charge in [-0.05, 0) is 19.3 Å². The Kier molecular flexibility index (Phi) is 48.2. The fraction of sp³-hybridized carbons (Fsp3) is 0.950. The molecule has 0 bridgehead atoms. The minimum absolute atomic E-state index is 0.178. The largest absolute Gasteiger partial charge is 0.394 e. The first-order chi connectivity index (χ1) is 33.8. The third-order valence-corrected chi connectivity index (χ3v) is 14.9. The summed E-state index contributed by atoms with van der Waals surface area (Å²) in [6, 6.07) is -0.796. The number of rotatable bonds is 53. The van der Waals surface area contributed by atoms with Crippen LogP contribution in [-0.2, 0) is 14.3 Å². The predicted octanol–water partition coefficient (Wildman–Crippen LogP) is 15.2. The highest BCUT2D eigenvalue weighted by Gasteiger charge is 2.44. The second kappa shape index (κ2) is 50.5. The number of carbonyl (C=O) groups is 1. The summed E-state index contributed by atoms with van der Waals surface area (Å²) < 4.78 is 11.1. The Hall–Kier alpha value is -1.07. The quantitative estimate of drug-likeness (QED) is 0.0261. The molecule has 9 heteroatoms. The van der Waals surface area contributed by atoms with Crippen LogP contribution in [0.1, 0.15) is 309 Å². The fourth-order valence-electron chi connectivity index (χ4n) is 10.0. The van der Waals surface area contributed by atoms with E-state index in [2.05, 4.69) is 19.2 Å². The molecule has 0 saturated carbocycles. The van der Waals surface area contributed by atoms with Crippen LogP contribution in [0.15, 0.2) is 12.2 Å². The van der Waals surface area contributed by atoms with Crippen LogP contribution in [0.3, 0.4) is 0 Å². The summed E-state index contributed by atoms with van der Waals surface area (Å²) in [6.07, 6.45) is 56.9. The van der Waals surface area contributed by atoms with Crippen molar-refractivity contribution in [3.05, 3.63) is 12.2 Å². The van der Waals surface area contributed by atoms with Crippen LogP contribution in [-0.4, -0.2) is 87.5 Å². The van der Waals surface area contributed by atoms with Crippen LogP contribution in [0.25, 0.3) is 0 Å². The van der Waals surface area contributed by atoms with Crippen molar-refractivity contribution in [2.24, 2.45) is 0 Å². The van der Waals surface area contributed by atoms with Gasteiger partial charge in [-0.15, -0.1) is 0 Å². The third kappa shape index (κ3) is 40.1. The fourth-order valence-corrected chi connectivity index (χ4v) is 10.0. The van der Waals surface area contributed by atoms with Crippen molar-refractivity contribution >= 4 is 5.91 Å². The number of aliphatic hydroxyl groups excluding tert-OH is 5. The van der Waals surface area contributed by atoms with Crippen molar-refractivity contribution in [2.75, 3.05) is 13.2 Å². The van der Waals surface area contributed by atoms with Crippen molar-refractivity contribution in [2.45, 2.75) is 352 Å². The second-order valence-electron chi connectivity index (χ2n) is 21.5. The monoisotopic (exact) mass is 980 g/mol. The number of ether oxygens (including phenoxy) is 2. The molecule has 1 amide bonds. The van der Waals surface area contributed by atoms with Gasteiger partial charge in [-0.3, -0.25) is 4.79 Å². The molecular formula is C60H117NO8. The molecule has 7 unspecified atom stereocenters. The molecule has 0 aromatic heterocycles. The van der Waals surface area contributed by atoms with Crippen molar-refractivity contribution in [3.63, 3.8) is 0 Å². The molecule has 6 N–H and O–H groups in total. The van der Waals surface area contributed by atoms with Gasteiger partial charge in [-0.2, -0.15) is 0 Å². The van der Waals surface area contributed by atoms with E-state index in [-0.39, 0.29) is 12.5 Å².